The number of halogens is 2. The molecule has 31 heavy (non-hydrogen) atoms. The van der Waals surface area contributed by atoms with Crippen molar-refractivity contribution >= 4 is 22.6 Å². The zero-order chi connectivity index (χ0) is 21.4. The van der Waals surface area contributed by atoms with Crippen molar-refractivity contribution in [2.24, 2.45) is 0 Å². The Morgan fingerprint density at radius 3 is 2.68 bits per heavy atom. The molecule has 1 N–H and O–H groups in total. The van der Waals surface area contributed by atoms with Crippen molar-refractivity contribution in [1.29, 1.82) is 0 Å². The lowest BCUT2D eigenvalue weighted by molar-refractivity contribution is -0.120. The summed E-state index contributed by atoms with van der Waals surface area (Å²) >= 11 is 0. The summed E-state index contributed by atoms with van der Waals surface area (Å²) in [5.74, 6) is -0.301. The largest absolute Gasteiger partial charge is 0.353 e. The van der Waals surface area contributed by atoms with E-state index in [-0.39, 0.29) is 18.0 Å². The van der Waals surface area contributed by atoms with Gasteiger partial charge in [-0.15, -0.1) is 0 Å². The smallest absolute Gasteiger partial charge is 0.239 e. The van der Waals surface area contributed by atoms with E-state index in [9.17, 15) is 13.6 Å². The van der Waals surface area contributed by atoms with E-state index in [2.05, 4.69) is 15.3 Å². The van der Waals surface area contributed by atoms with Crippen molar-refractivity contribution in [2.75, 3.05) is 24.5 Å². The molecule has 2 aromatic carbocycles. The maximum atomic E-state index is 14.4. The molecule has 154 valence electrons. The quantitative estimate of drug-likeness (QED) is 0.552. The van der Waals surface area contributed by atoms with Crippen LogP contribution in [0.15, 0.2) is 60.9 Å². The minimum Gasteiger partial charge on any atom is -0.353 e. The van der Waals surface area contributed by atoms with Crippen LogP contribution in [0.2, 0.25) is 0 Å². The Balaban J connectivity index is 1.71. The maximum Gasteiger partial charge on any atom is 0.239 e. The highest BCUT2D eigenvalue weighted by molar-refractivity contribution is 5.96. The van der Waals surface area contributed by atoms with E-state index in [4.69, 9.17) is 4.98 Å². The van der Waals surface area contributed by atoms with Crippen molar-refractivity contribution in [3.05, 3.63) is 72.6 Å². The zero-order valence-electron chi connectivity index (χ0n) is 16.3. The number of carbonyl (C=O) groups excluding carboxylic acids is 1. The fraction of sp³-hybridized carbons (Fsp3) is 0.130. The lowest BCUT2D eigenvalue weighted by atomic mass is 10.0. The van der Waals surface area contributed by atoms with Gasteiger partial charge in [0.15, 0.2) is 5.82 Å². The third kappa shape index (κ3) is 3.68. The second-order valence-corrected chi connectivity index (χ2v) is 7.24. The summed E-state index contributed by atoms with van der Waals surface area (Å²) < 4.78 is 27.7. The van der Waals surface area contributed by atoms with E-state index in [0.29, 0.717) is 41.2 Å². The van der Waals surface area contributed by atoms with E-state index in [1.807, 2.05) is 11.0 Å². The Morgan fingerprint density at radius 1 is 1.00 bits per heavy atom. The summed E-state index contributed by atoms with van der Waals surface area (Å²) in [6, 6.07) is 12.5. The predicted molar refractivity (Wildman–Crippen MR) is 113 cm³/mol. The first kappa shape index (κ1) is 19.0. The van der Waals surface area contributed by atoms with Crippen LogP contribution < -0.4 is 10.2 Å². The molecular formula is C23H17F2N5O. The first-order valence-electron chi connectivity index (χ1n) is 9.78. The Hall–Kier alpha value is -3.94. The number of fused-ring (bicyclic) bond motifs is 1. The number of hydrogen-bond donors (Lipinski definition) is 1. The van der Waals surface area contributed by atoms with Gasteiger partial charge < -0.3 is 10.2 Å². The topological polar surface area (TPSA) is 71.0 Å². The maximum absolute atomic E-state index is 14.4. The Labute approximate surface area is 176 Å². The van der Waals surface area contributed by atoms with Gasteiger partial charge in [0.2, 0.25) is 5.91 Å². The van der Waals surface area contributed by atoms with Crippen LogP contribution in [0.4, 0.5) is 14.6 Å². The van der Waals surface area contributed by atoms with Gasteiger partial charge in [-0.25, -0.2) is 18.7 Å². The monoisotopic (exact) mass is 417 g/mol. The van der Waals surface area contributed by atoms with Gasteiger partial charge in [-0.05, 0) is 42.0 Å². The molecule has 3 heterocycles. The second kappa shape index (κ2) is 7.71. The van der Waals surface area contributed by atoms with Gasteiger partial charge in [-0.1, -0.05) is 6.07 Å². The molecule has 1 fully saturated rings. The van der Waals surface area contributed by atoms with Crippen molar-refractivity contribution < 1.29 is 13.6 Å². The minimum atomic E-state index is -0.647. The highest BCUT2D eigenvalue weighted by Gasteiger charge is 2.22. The molecule has 2 aromatic heterocycles. The van der Waals surface area contributed by atoms with Crippen LogP contribution in [0.25, 0.3) is 33.4 Å². The Kier molecular flexibility index (Phi) is 4.74. The molecule has 6 nitrogen and oxygen atoms in total. The standard InChI is InChI=1S/C23H17F2N5O/c24-16-4-5-17(19(25)11-16)14-3-6-20-18(10-14)23(30-9-8-27-21(31)13-30)29-22(28-20)15-2-1-7-26-12-15/h1-7,10-12H,8-9,13H2,(H,27,31). The molecule has 0 unspecified atom stereocenters. The van der Waals surface area contributed by atoms with E-state index >= 15 is 0 Å². The minimum absolute atomic E-state index is 0.0957. The van der Waals surface area contributed by atoms with Crippen LogP contribution in [0.3, 0.4) is 0 Å². The molecule has 0 spiro atoms. The molecule has 1 aliphatic rings. The number of anilines is 1. The van der Waals surface area contributed by atoms with E-state index < -0.39 is 11.6 Å². The summed E-state index contributed by atoms with van der Waals surface area (Å²) in [5.41, 5.74) is 2.26. The van der Waals surface area contributed by atoms with Gasteiger partial charge >= 0.3 is 0 Å². The van der Waals surface area contributed by atoms with Gasteiger partial charge in [0.1, 0.15) is 17.5 Å². The van der Waals surface area contributed by atoms with Crippen LogP contribution in [0.1, 0.15) is 0 Å². The molecule has 8 heteroatoms. The zero-order valence-corrected chi connectivity index (χ0v) is 16.3. The van der Waals surface area contributed by atoms with Crippen LogP contribution >= 0.6 is 0 Å². The summed E-state index contributed by atoms with van der Waals surface area (Å²) in [6.45, 7) is 1.24. The number of aromatic nitrogens is 3. The van der Waals surface area contributed by atoms with Crippen LogP contribution in [0.5, 0.6) is 0 Å². The number of benzene rings is 2. The van der Waals surface area contributed by atoms with Gasteiger partial charge in [0.25, 0.3) is 0 Å². The number of amides is 1. The predicted octanol–water partition coefficient (Wildman–Crippen LogP) is 3.57. The van der Waals surface area contributed by atoms with E-state index in [1.54, 1.807) is 36.7 Å². The second-order valence-electron chi connectivity index (χ2n) is 7.24. The summed E-state index contributed by atoms with van der Waals surface area (Å²) in [6.07, 6.45) is 3.35. The molecule has 4 aromatic rings. The number of hydrogen-bond acceptors (Lipinski definition) is 5. The van der Waals surface area contributed by atoms with Crippen molar-refractivity contribution in [2.45, 2.75) is 0 Å². The molecule has 0 radical (unpaired) electrons. The molecular weight excluding hydrogens is 400 g/mol. The number of pyridine rings is 1. The number of nitrogens with one attached hydrogen (secondary N) is 1. The number of carbonyl (C=O) groups is 1. The first-order chi connectivity index (χ1) is 15.1. The fourth-order valence-electron chi connectivity index (χ4n) is 3.69. The van der Waals surface area contributed by atoms with Crippen LogP contribution in [-0.4, -0.2) is 40.5 Å². The molecule has 1 aliphatic heterocycles. The Bertz CT molecular complexity index is 1300. The third-order valence-corrected chi connectivity index (χ3v) is 5.18. The molecule has 0 saturated carbocycles. The Morgan fingerprint density at radius 2 is 1.90 bits per heavy atom. The molecule has 0 bridgehead atoms. The molecule has 5 rings (SSSR count). The van der Waals surface area contributed by atoms with Crippen LogP contribution in [-0.2, 0) is 4.79 Å². The molecule has 0 atom stereocenters. The van der Waals surface area contributed by atoms with Crippen LogP contribution in [0, 0.1) is 11.6 Å². The summed E-state index contributed by atoms with van der Waals surface area (Å²) in [5, 5.41) is 3.49. The van der Waals surface area contributed by atoms with Gasteiger partial charge in [0, 0.05) is 48.1 Å². The molecule has 1 saturated heterocycles. The van der Waals surface area contributed by atoms with Crippen molar-refractivity contribution in [1.82, 2.24) is 20.3 Å². The van der Waals surface area contributed by atoms with E-state index in [0.717, 1.165) is 11.6 Å². The normalized spacial score (nSPS) is 14.0. The lowest BCUT2D eigenvalue weighted by Crippen LogP contribution is -2.48. The summed E-state index contributed by atoms with van der Waals surface area (Å²) in [7, 11) is 0. The first-order valence-corrected chi connectivity index (χ1v) is 9.78. The van der Waals surface area contributed by atoms with Gasteiger partial charge in [0.05, 0.1) is 12.1 Å². The number of nitrogens with zero attached hydrogens (tertiary/aromatic N) is 4. The number of piperazine rings is 1. The lowest BCUT2D eigenvalue weighted by Gasteiger charge is -2.29. The average Bonchev–Trinajstić information content (AvgIpc) is 2.79. The SMILES string of the molecule is O=C1CN(c2nc(-c3cccnc3)nc3ccc(-c4ccc(F)cc4F)cc23)CCN1. The highest BCUT2D eigenvalue weighted by atomic mass is 19.1. The molecule has 0 aliphatic carbocycles. The van der Waals surface area contributed by atoms with Gasteiger partial charge in [-0.2, -0.15) is 0 Å². The van der Waals surface area contributed by atoms with E-state index in [1.165, 1.54) is 12.1 Å². The van der Waals surface area contributed by atoms with Gasteiger partial charge in [-0.3, -0.25) is 9.78 Å². The number of rotatable bonds is 3. The van der Waals surface area contributed by atoms with Crippen molar-refractivity contribution in [3.8, 4) is 22.5 Å². The summed E-state index contributed by atoms with van der Waals surface area (Å²) in [4.78, 5) is 27.4. The molecule has 1 amide bonds. The van der Waals surface area contributed by atoms with Crippen molar-refractivity contribution in [3.63, 3.8) is 0 Å². The third-order valence-electron chi connectivity index (χ3n) is 5.18. The fourth-order valence-corrected chi connectivity index (χ4v) is 3.69. The average molecular weight is 417 g/mol. The highest BCUT2D eigenvalue weighted by Crippen LogP contribution is 2.32.